The van der Waals surface area contributed by atoms with Gasteiger partial charge in [-0.25, -0.2) is 0 Å². The van der Waals surface area contributed by atoms with Gasteiger partial charge in [0.05, 0.1) is 18.2 Å². The number of aromatic nitrogens is 4. The Morgan fingerprint density at radius 2 is 2.04 bits per heavy atom. The van der Waals surface area contributed by atoms with E-state index >= 15 is 0 Å². The molecule has 0 amide bonds. The highest BCUT2D eigenvalue weighted by atomic mass is 35.5. The molecule has 1 aromatic heterocycles. The molecule has 0 aliphatic heterocycles. The van der Waals surface area contributed by atoms with E-state index < -0.39 is 0 Å². The third kappa shape index (κ3) is 4.59. The van der Waals surface area contributed by atoms with Crippen LogP contribution in [0.1, 0.15) is 23.6 Å². The van der Waals surface area contributed by atoms with Gasteiger partial charge in [0.25, 0.3) is 5.95 Å². The van der Waals surface area contributed by atoms with Crippen molar-refractivity contribution >= 4 is 17.5 Å². The number of anilines is 1. The van der Waals surface area contributed by atoms with Gasteiger partial charge in [0.1, 0.15) is 6.61 Å². The Morgan fingerprint density at radius 3 is 2.74 bits per heavy atom. The number of nitrogens with one attached hydrogen (secondary N) is 1. The van der Waals surface area contributed by atoms with Gasteiger partial charge < -0.3 is 20.6 Å². The molecule has 0 unspecified atom stereocenters. The van der Waals surface area contributed by atoms with Crippen LogP contribution in [0.15, 0.2) is 36.4 Å². The summed E-state index contributed by atoms with van der Waals surface area (Å²) in [5.41, 5.74) is 11.8. The Bertz CT molecular complexity index is 915. The number of aryl methyl sites for hydroxylation is 1. The summed E-state index contributed by atoms with van der Waals surface area (Å²) >= 11 is 6.46. The maximum absolute atomic E-state index is 6.46. The van der Waals surface area contributed by atoms with Crippen molar-refractivity contribution in [3.63, 3.8) is 0 Å². The average molecular weight is 389 g/mol. The van der Waals surface area contributed by atoms with E-state index in [0.29, 0.717) is 36.3 Å². The first kappa shape index (κ1) is 18.8. The monoisotopic (exact) mass is 388 g/mol. The Balaban J connectivity index is 1.77. The van der Waals surface area contributed by atoms with E-state index in [1.54, 1.807) is 0 Å². The van der Waals surface area contributed by atoms with Gasteiger partial charge in [-0.1, -0.05) is 41.0 Å². The fourth-order valence-corrected chi connectivity index (χ4v) is 2.81. The topological polar surface area (TPSA) is 100 Å². The third-order valence-corrected chi connectivity index (χ3v) is 4.21. The molecular weight excluding hydrogens is 368 g/mol. The molecule has 3 N–H and O–H groups in total. The van der Waals surface area contributed by atoms with Crippen molar-refractivity contribution in [2.24, 2.45) is 0 Å². The zero-order valence-electron chi connectivity index (χ0n) is 15.1. The molecule has 0 spiro atoms. The number of rotatable bonds is 8. The zero-order chi connectivity index (χ0) is 19.2. The van der Waals surface area contributed by atoms with Crippen LogP contribution < -0.4 is 20.6 Å². The molecule has 0 atom stereocenters. The minimum atomic E-state index is 0.171. The van der Waals surface area contributed by atoms with Crippen LogP contribution in [0, 0.1) is 6.92 Å². The number of hydrogen-bond acceptors (Lipinski definition) is 7. The summed E-state index contributed by atoms with van der Waals surface area (Å²) in [6.07, 6.45) is 0. The smallest absolute Gasteiger partial charge is 0.260 e. The first-order chi connectivity index (χ1) is 13.1. The van der Waals surface area contributed by atoms with Gasteiger partial charge in [-0.05, 0) is 53.1 Å². The predicted octanol–water partition coefficient (Wildman–Crippen LogP) is 2.94. The second kappa shape index (κ2) is 8.59. The summed E-state index contributed by atoms with van der Waals surface area (Å²) in [4.78, 5) is 1.29. The molecule has 9 heteroatoms. The number of nitrogens with zero attached hydrogens (tertiary/aromatic N) is 4. The predicted molar refractivity (Wildman–Crippen MR) is 103 cm³/mol. The molecule has 1 heterocycles. The van der Waals surface area contributed by atoms with Crippen molar-refractivity contribution in [2.75, 3.05) is 17.8 Å². The molecular formula is C18H21ClN6O2. The molecule has 0 saturated carbocycles. The molecule has 27 heavy (non-hydrogen) atoms. The van der Waals surface area contributed by atoms with Crippen molar-refractivity contribution in [3.05, 3.63) is 58.1 Å². The van der Waals surface area contributed by atoms with Crippen LogP contribution in [-0.2, 0) is 13.2 Å². The van der Waals surface area contributed by atoms with Crippen molar-refractivity contribution in [1.82, 2.24) is 20.3 Å². The number of nitrogen functional groups attached to an aromatic ring is 1. The van der Waals surface area contributed by atoms with E-state index in [1.165, 1.54) is 4.79 Å². The SMILES string of the molecule is CCOc1cc(CNn2nnnc2N)cc(Cl)c1OCc1ccccc1C. The number of nitrogens with two attached hydrogens (primary N) is 1. The summed E-state index contributed by atoms with van der Waals surface area (Å²) in [5.74, 6) is 1.27. The van der Waals surface area contributed by atoms with Crippen molar-refractivity contribution < 1.29 is 9.47 Å². The number of tetrazole rings is 1. The van der Waals surface area contributed by atoms with Crippen molar-refractivity contribution in [1.29, 1.82) is 0 Å². The van der Waals surface area contributed by atoms with Gasteiger partial charge >= 0.3 is 0 Å². The minimum absolute atomic E-state index is 0.171. The van der Waals surface area contributed by atoms with Gasteiger partial charge in [-0.2, -0.15) is 0 Å². The summed E-state index contributed by atoms with van der Waals surface area (Å²) < 4.78 is 11.7. The van der Waals surface area contributed by atoms with Gasteiger partial charge in [-0.15, -0.1) is 4.79 Å². The van der Waals surface area contributed by atoms with E-state index in [0.717, 1.165) is 16.7 Å². The second-order valence-electron chi connectivity index (χ2n) is 5.84. The lowest BCUT2D eigenvalue weighted by Gasteiger charge is -2.16. The van der Waals surface area contributed by atoms with E-state index in [9.17, 15) is 0 Å². The number of benzene rings is 2. The molecule has 3 aromatic rings. The number of hydrogen-bond donors (Lipinski definition) is 2. The van der Waals surface area contributed by atoms with Crippen LogP contribution >= 0.6 is 11.6 Å². The molecule has 0 aliphatic carbocycles. The van der Waals surface area contributed by atoms with Crippen molar-refractivity contribution in [3.8, 4) is 11.5 Å². The molecule has 8 nitrogen and oxygen atoms in total. The second-order valence-corrected chi connectivity index (χ2v) is 6.24. The van der Waals surface area contributed by atoms with Gasteiger partial charge in [0, 0.05) is 0 Å². The lowest BCUT2D eigenvalue weighted by atomic mass is 10.1. The fourth-order valence-electron chi connectivity index (χ4n) is 2.52. The largest absolute Gasteiger partial charge is 0.490 e. The van der Waals surface area contributed by atoms with Crippen LogP contribution in [0.25, 0.3) is 0 Å². The van der Waals surface area contributed by atoms with Crippen LogP contribution in [0.4, 0.5) is 5.95 Å². The van der Waals surface area contributed by atoms with Crippen LogP contribution in [-0.4, -0.2) is 26.9 Å². The number of halogens is 1. The quantitative estimate of drug-likeness (QED) is 0.611. The maximum atomic E-state index is 6.46. The molecule has 0 bridgehead atoms. The summed E-state index contributed by atoms with van der Waals surface area (Å²) in [6, 6.07) is 11.7. The molecule has 0 aliphatic rings. The van der Waals surface area contributed by atoms with Crippen LogP contribution in [0.2, 0.25) is 5.02 Å². The third-order valence-electron chi connectivity index (χ3n) is 3.93. The minimum Gasteiger partial charge on any atom is -0.490 e. The highest BCUT2D eigenvalue weighted by molar-refractivity contribution is 6.32. The Morgan fingerprint density at radius 1 is 1.22 bits per heavy atom. The Labute approximate surface area is 162 Å². The molecule has 0 radical (unpaired) electrons. The van der Waals surface area contributed by atoms with E-state index in [4.69, 9.17) is 26.8 Å². The fraction of sp³-hybridized carbons (Fsp3) is 0.278. The first-order valence-electron chi connectivity index (χ1n) is 8.48. The lowest BCUT2D eigenvalue weighted by molar-refractivity contribution is 0.269. The summed E-state index contributed by atoms with van der Waals surface area (Å²) in [5, 5.41) is 11.3. The molecule has 2 aromatic carbocycles. The maximum Gasteiger partial charge on any atom is 0.260 e. The zero-order valence-corrected chi connectivity index (χ0v) is 15.9. The highest BCUT2D eigenvalue weighted by Crippen LogP contribution is 2.37. The average Bonchev–Trinajstić information content (AvgIpc) is 3.06. The Kier molecular flexibility index (Phi) is 5.97. The summed E-state index contributed by atoms with van der Waals surface area (Å²) in [7, 11) is 0. The first-order valence-corrected chi connectivity index (χ1v) is 8.86. The Hall–Kier alpha value is -3.00. The lowest BCUT2D eigenvalue weighted by Crippen LogP contribution is -2.18. The highest BCUT2D eigenvalue weighted by Gasteiger charge is 2.14. The molecule has 142 valence electrons. The normalized spacial score (nSPS) is 10.6. The van der Waals surface area contributed by atoms with Crippen LogP contribution in [0.3, 0.4) is 0 Å². The van der Waals surface area contributed by atoms with E-state index in [2.05, 4.69) is 21.0 Å². The molecule has 0 fully saturated rings. The van der Waals surface area contributed by atoms with E-state index in [1.807, 2.05) is 50.2 Å². The standard InChI is InChI=1S/C18H21ClN6O2/c1-3-26-16-9-13(10-21-25-18(20)22-23-24-25)8-15(19)17(16)27-11-14-7-5-4-6-12(14)2/h4-9,21H,3,10-11H2,1-2H3,(H2,20,22,24). The molecule has 0 saturated heterocycles. The summed E-state index contributed by atoms with van der Waals surface area (Å²) in [6.45, 7) is 5.27. The van der Waals surface area contributed by atoms with Crippen molar-refractivity contribution in [2.45, 2.75) is 27.0 Å². The van der Waals surface area contributed by atoms with Gasteiger partial charge in [-0.3, -0.25) is 0 Å². The van der Waals surface area contributed by atoms with E-state index in [-0.39, 0.29) is 5.95 Å². The number of ether oxygens (including phenoxy) is 2. The van der Waals surface area contributed by atoms with Gasteiger partial charge in [0.2, 0.25) is 0 Å². The molecule has 3 rings (SSSR count). The van der Waals surface area contributed by atoms with Gasteiger partial charge in [0.15, 0.2) is 11.5 Å². The van der Waals surface area contributed by atoms with Crippen LogP contribution in [0.5, 0.6) is 11.5 Å².